The van der Waals surface area contributed by atoms with Crippen molar-refractivity contribution < 1.29 is 4.39 Å². The molecule has 1 atom stereocenters. The van der Waals surface area contributed by atoms with E-state index >= 15 is 0 Å². The zero-order valence-corrected chi connectivity index (χ0v) is 12.3. The highest BCUT2D eigenvalue weighted by molar-refractivity contribution is 5.38. The minimum Gasteiger partial charge on any atom is -0.357 e. The monoisotopic (exact) mass is 277 g/mol. The van der Waals surface area contributed by atoms with Crippen LogP contribution in [0.3, 0.4) is 0 Å². The number of rotatable bonds is 3. The first kappa shape index (κ1) is 13.8. The fourth-order valence-electron chi connectivity index (χ4n) is 3.61. The predicted molar refractivity (Wildman–Crippen MR) is 79.4 cm³/mol. The Morgan fingerprint density at radius 3 is 2.45 bits per heavy atom. The van der Waals surface area contributed by atoms with Gasteiger partial charge in [0.1, 0.15) is 11.6 Å². The van der Waals surface area contributed by atoms with Crippen LogP contribution in [0.15, 0.2) is 18.3 Å². The maximum Gasteiger partial charge on any atom is 0.141 e. The SMILES string of the molecule is CC(C1CCN(c2ccc(F)cn2)CC1)N1CCCC1. The van der Waals surface area contributed by atoms with Crippen molar-refractivity contribution in [2.24, 2.45) is 5.92 Å². The quantitative estimate of drug-likeness (QED) is 0.847. The van der Waals surface area contributed by atoms with E-state index in [1.807, 2.05) is 0 Å². The fourth-order valence-corrected chi connectivity index (χ4v) is 3.61. The molecule has 0 aliphatic carbocycles. The van der Waals surface area contributed by atoms with E-state index in [1.54, 1.807) is 6.07 Å². The Labute approximate surface area is 120 Å². The van der Waals surface area contributed by atoms with Crippen LogP contribution in [0.4, 0.5) is 10.2 Å². The maximum atomic E-state index is 12.9. The van der Waals surface area contributed by atoms with Crippen molar-refractivity contribution in [2.45, 2.75) is 38.6 Å². The van der Waals surface area contributed by atoms with Gasteiger partial charge < -0.3 is 9.80 Å². The predicted octanol–water partition coefficient (Wildman–Crippen LogP) is 2.92. The molecule has 4 heteroatoms. The number of piperidine rings is 1. The molecule has 3 rings (SSSR count). The van der Waals surface area contributed by atoms with Gasteiger partial charge in [-0.05, 0) is 63.7 Å². The molecule has 2 aliphatic heterocycles. The molecule has 3 heterocycles. The van der Waals surface area contributed by atoms with Gasteiger partial charge in [0.15, 0.2) is 0 Å². The van der Waals surface area contributed by atoms with Crippen molar-refractivity contribution in [1.29, 1.82) is 0 Å². The van der Waals surface area contributed by atoms with Crippen LogP contribution in [0.2, 0.25) is 0 Å². The van der Waals surface area contributed by atoms with Gasteiger partial charge in [-0.25, -0.2) is 9.37 Å². The van der Waals surface area contributed by atoms with Gasteiger partial charge in [-0.2, -0.15) is 0 Å². The first-order valence-corrected chi connectivity index (χ1v) is 7.84. The van der Waals surface area contributed by atoms with Gasteiger partial charge in [0.2, 0.25) is 0 Å². The number of anilines is 1. The van der Waals surface area contributed by atoms with Crippen LogP contribution in [0.1, 0.15) is 32.6 Å². The van der Waals surface area contributed by atoms with Crippen LogP contribution < -0.4 is 4.90 Å². The summed E-state index contributed by atoms with van der Waals surface area (Å²) in [6.45, 7) is 7.03. The summed E-state index contributed by atoms with van der Waals surface area (Å²) >= 11 is 0. The van der Waals surface area contributed by atoms with Crippen LogP contribution in [-0.2, 0) is 0 Å². The molecule has 2 aliphatic rings. The second-order valence-electron chi connectivity index (χ2n) is 6.14. The van der Waals surface area contributed by atoms with Crippen molar-refractivity contribution in [2.75, 3.05) is 31.1 Å². The van der Waals surface area contributed by atoms with E-state index in [0.29, 0.717) is 6.04 Å². The molecule has 20 heavy (non-hydrogen) atoms. The Kier molecular flexibility index (Phi) is 4.20. The normalized spacial score (nSPS) is 23.2. The summed E-state index contributed by atoms with van der Waals surface area (Å²) in [5, 5.41) is 0. The van der Waals surface area contributed by atoms with E-state index in [4.69, 9.17) is 0 Å². The standard InChI is InChI=1S/C16H24FN3/c1-13(19-8-2-3-9-19)14-6-10-20(11-7-14)16-5-4-15(17)12-18-16/h4-5,12-14H,2-3,6-11H2,1H3. The second-order valence-corrected chi connectivity index (χ2v) is 6.14. The maximum absolute atomic E-state index is 12.9. The Bertz CT molecular complexity index is 420. The topological polar surface area (TPSA) is 19.4 Å². The van der Waals surface area contributed by atoms with Gasteiger partial charge in [0, 0.05) is 19.1 Å². The molecule has 110 valence electrons. The highest BCUT2D eigenvalue weighted by Crippen LogP contribution is 2.28. The van der Waals surface area contributed by atoms with E-state index in [9.17, 15) is 4.39 Å². The van der Waals surface area contributed by atoms with Crippen LogP contribution in [0, 0.1) is 11.7 Å². The minimum absolute atomic E-state index is 0.258. The van der Waals surface area contributed by atoms with E-state index in [-0.39, 0.29) is 5.82 Å². The van der Waals surface area contributed by atoms with Crippen molar-refractivity contribution >= 4 is 5.82 Å². The van der Waals surface area contributed by atoms with Crippen molar-refractivity contribution in [3.63, 3.8) is 0 Å². The molecule has 2 fully saturated rings. The molecule has 0 N–H and O–H groups in total. The highest BCUT2D eigenvalue weighted by Gasteiger charge is 2.29. The van der Waals surface area contributed by atoms with Crippen LogP contribution in [-0.4, -0.2) is 42.1 Å². The summed E-state index contributed by atoms with van der Waals surface area (Å²) < 4.78 is 12.9. The molecule has 0 bridgehead atoms. The van der Waals surface area contributed by atoms with Gasteiger partial charge in [0.25, 0.3) is 0 Å². The lowest BCUT2D eigenvalue weighted by molar-refractivity contribution is 0.167. The summed E-state index contributed by atoms with van der Waals surface area (Å²) in [5.41, 5.74) is 0. The summed E-state index contributed by atoms with van der Waals surface area (Å²) in [6, 6.07) is 4.00. The van der Waals surface area contributed by atoms with E-state index in [1.165, 1.54) is 51.0 Å². The number of halogens is 1. The van der Waals surface area contributed by atoms with Crippen molar-refractivity contribution in [3.05, 3.63) is 24.1 Å². The van der Waals surface area contributed by atoms with E-state index < -0.39 is 0 Å². The third-order valence-electron chi connectivity index (χ3n) is 4.97. The van der Waals surface area contributed by atoms with Crippen molar-refractivity contribution in [1.82, 2.24) is 9.88 Å². The lowest BCUT2D eigenvalue weighted by atomic mass is 9.89. The first-order valence-electron chi connectivity index (χ1n) is 7.84. The van der Waals surface area contributed by atoms with Crippen LogP contribution in [0.25, 0.3) is 0 Å². The van der Waals surface area contributed by atoms with Crippen LogP contribution >= 0.6 is 0 Å². The van der Waals surface area contributed by atoms with Crippen molar-refractivity contribution in [3.8, 4) is 0 Å². The number of aromatic nitrogens is 1. The van der Waals surface area contributed by atoms with E-state index in [2.05, 4.69) is 21.7 Å². The zero-order chi connectivity index (χ0) is 13.9. The average molecular weight is 277 g/mol. The molecule has 0 spiro atoms. The molecule has 0 amide bonds. The molecule has 1 aromatic rings. The third-order valence-corrected chi connectivity index (χ3v) is 4.97. The van der Waals surface area contributed by atoms with Gasteiger partial charge in [-0.1, -0.05) is 0 Å². The van der Waals surface area contributed by atoms with Gasteiger partial charge in [-0.3, -0.25) is 0 Å². The number of hydrogen-bond donors (Lipinski definition) is 0. The molecule has 0 radical (unpaired) electrons. The largest absolute Gasteiger partial charge is 0.357 e. The smallest absolute Gasteiger partial charge is 0.141 e. The number of hydrogen-bond acceptors (Lipinski definition) is 3. The molecular formula is C16H24FN3. The first-order chi connectivity index (χ1) is 9.74. The fraction of sp³-hybridized carbons (Fsp3) is 0.688. The highest BCUT2D eigenvalue weighted by atomic mass is 19.1. The lowest BCUT2D eigenvalue weighted by Crippen LogP contribution is -2.43. The zero-order valence-electron chi connectivity index (χ0n) is 12.3. The lowest BCUT2D eigenvalue weighted by Gasteiger charge is -2.38. The number of pyridine rings is 1. The van der Waals surface area contributed by atoms with Gasteiger partial charge in [0.05, 0.1) is 6.20 Å². The molecule has 0 saturated carbocycles. The molecule has 0 aromatic carbocycles. The molecule has 3 nitrogen and oxygen atoms in total. The Hall–Kier alpha value is -1.16. The summed E-state index contributed by atoms with van der Waals surface area (Å²) in [7, 11) is 0. The van der Waals surface area contributed by atoms with E-state index in [0.717, 1.165) is 24.8 Å². The summed E-state index contributed by atoms with van der Waals surface area (Å²) in [6.07, 6.45) is 6.48. The molecule has 2 saturated heterocycles. The number of likely N-dealkylation sites (tertiary alicyclic amines) is 1. The Morgan fingerprint density at radius 1 is 1.15 bits per heavy atom. The average Bonchev–Trinajstić information content (AvgIpc) is 3.02. The Balaban J connectivity index is 1.55. The third kappa shape index (κ3) is 2.95. The summed E-state index contributed by atoms with van der Waals surface area (Å²) in [4.78, 5) is 9.12. The van der Waals surface area contributed by atoms with Gasteiger partial charge in [-0.15, -0.1) is 0 Å². The second kappa shape index (κ2) is 6.08. The molecule has 1 aromatic heterocycles. The Morgan fingerprint density at radius 2 is 1.85 bits per heavy atom. The van der Waals surface area contributed by atoms with Gasteiger partial charge >= 0.3 is 0 Å². The minimum atomic E-state index is -0.258. The molecule has 1 unspecified atom stereocenters. The molecular weight excluding hydrogens is 253 g/mol. The summed E-state index contributed by atoms with van der Waals surface area (Å²) in [5.74, 6) is 1.45. The van der Waals surface area contributed by atoms with Crippen LogP contribution in [0.5, 0.6) is 0 Å². The number of nitrogens with zero attached hydrogens (tertiary/aromatic N) is 3.